The van der Waals surface area contributed by atoms with E-state index in [-0.39, 0.29) is 72.3 Å². The number of aliphatic hydroxyl groups excluding tert-OH is 1. The summed E-state index contributed by atoms with van der Waals surface area (Å²) in [7, 11) is 1.30. The predicted octanol–water partition coefficient (Wildman–Crippen LogP) is 4.79. The average Bonchev–Trinajstić information content (AvgIpc) is 3.45. The summed E-state index contributed by atoms with van der Waals surface area (Å²) in [5.41, 5.74) is 0.245. The smallest absolute Gasteiger partial charge is 0.493 e. The predicted molar refractivity (Wildman–Crippen MR) is 180 cm³/mol. The number of unbranched alkanes of at least 4 members (excludes halogenated alkanes) is 1. The summed E-state index contributed by atoms with van der Waals surface area (Å²) in [6.45, 7) is 2.94. The molecule has 8 atom stereocenters. The molecule has 4 aliphatic rings. The Hall–Kier alpha value is -5.06. The normalized spacial score (nSPS) is 28.9. The molecule has 1 aromatic carbocycles. The summed E-state index contributed by atoms with van der Waals surface area (Å²) < 4.78 is 21.0. The number of ketones is 2. The van der Waals surface area contributed by atoms with Crippen LogP contribution in [0.15, 0.2) is 42.0 Å². The summed E-state index contributed by atoms with van der Waals surface area (Å²) in [5, 5.41) is 30.4. The Morgan fingerprint density at radius 2 is 1.81 bits per heavy atom. The fourth-order valence-corrected chi connectivity index (χ4v) is 9.24. The lowest BCUT2D eigenvalue weighted by Crippen LogP contribution is -2.56. The molecule has 0 saturated heterocycles. The van der Waals surface area contributed by atoms with Crippen LogP contribution in [0.3, 0.4) is 0 Å². The lowest BCUT2D eigenvalue weighted by Gasteiger charge is -2.58. The van der Waals surface area contributed by atoms with Gasteiger partial charge in [-0.3, -0.25) is 9.59 Å². The summed E-state index contributed by atoms with van der Waals surface area (Å²) >= 11 is 0. The minimum Gasteiger partial charge on any atom is -0.493 e. The number of fused-ring (bicyclic) bond motifs is 5. The lowest BCUT2D eigenvalue weighted by molar-refractivity contribution is -0.790. The zero-order valence-corrected chi connectivity index (χ0v) is 29.8. The second-order valence-corrected chi connectivity index (χ2v) is 14.5. The van der Waals surface area contributed by atoms with Gasteiger partial charge in [-0.05, 0) is 99.0 Å². The van der Waals surface area contributed by atoms with Crippen LogP contribution in [0.5, 0.6) is 11.5 Å². The third-order valence-electron chi connectivity index (χ3n) is 11.6. The number of hydrogen-bond acceptors (Lipinski definition) is 15. The summed E-state index contributed by atoms with van der Waals surface area (Å²) in [5.74, 6) is -1.15. The van der Waals surface area contributed by atoms with Crippen LogP contribution in [0.25, 0.3) is 0 Å². The number of carbonyl (C=O) groups excluding carboxylic acids is 4. The molecule has 17 heteroatoms. The second-order valence-electron chi connectivity index (χ2n) is 14.5. The van der Waals surface area contributed by atoms with Gasteiger partial charge in [0.1, 0.15) is 12.7 Å². The van der Waals surface area contributed by atoms with E-state index in [0.717, 1.165) is 24.8 Å². The largest absolute Gasteiger partial charge is 0.514 e. The molecule has 1 N–H and O–H groups in total. The molecule has 0 aromatic heterocycles. The molecule has 0 heterocycles. The minimum atomic E-state index is -1.17. The number of rotatable bonds is 16. The highest BCUT2D eigenvalue weighted by Crippen LogP contribution is 2.66. The third-order valence-corrected chi connectivity index (χ3v) is 11.6. The molecule has 53 heavy (non-hydrogen) atoms. The first kappa shape index (κ1) is 39.2. The Morgan fingerprint density at radius 1 is 1.04 bits per heavy atom. The van der Waals surface area contributed by atoms with Crippen LogP contribution in [0.1, 0.15) is 75.6 Å². The lowest BCUT2D eigenvalue weighted by atomic mass is 9.46. The first-order valence-electron chi connectivity index (χ1n) is 17.6. The molecule has 8 unspecified atom stereocenters. The van der Waals surface area contributed by atoms with Crippen LogP contribution >= 0.6 is 0 Å². The van der Waals surface area contributed by atoms with Crippen LogP contribution in [0.4, 0.5) is 4.79 Å². The quantitative estimate of drug-likeness (QED) is 0.0789. The van der Waals surface area contributed by atoms with E-state index >= 15 is 0 Å². The molecule has 17 nitrogen and oxygen atoms in total. The number of Topliss-reactive ketones (excluding diaryl/α,β-unsaturated/α-hetero) is 1. The van der Waals surface area contributed by atoms with Gasteiger partial charge < -0.3 is 33.7 Å². The van der Waals surface area contributed by atoms with Gasteiger partial charge in [-0.15, -0.1) is 20.2 Å². The number of ether oxygens (including phenoxy) is 4. The molecular weight excluding hydrogens is 700 g/mol. The highest BCUT2D eigenvalue weighted by molar-refractivity contribution is 6.01. The van der Waals surface area contributed by atoms with Crippen molar-refractivity contribution < 1.29 is 63.1 Å². The van der Waals surface area contributed by atoms with E-state index in [1.54, 1.807) is 12.2 Å². The second kappa shape index (κ2) is 16.3. The van der Waals surface area contributed by atoms with Crippen molar-refractivity contribution in [1.29, 1.82) is 0 Å². The molecule has 0 bridgehead atoms. The van der Waals surface area contributed by atoms with Gasteiger partial charge in [0.2, 0.25) is 0 Å². The average molecular weight is 745 g/mol. The van der Waals surface area contributed by atoms with Crippen LogP contribution < -0.4 is 9.47 Å². The number of hydrogen-bond donors (Lipinski definition) is 1. The van der Waals surface area contributed by atoms with Crippen molar-refractivity contribution in [1.82, 2.24) is 0 Å². The Labute approximate surface area is 304 Å². The van der Waals surface area contributed by atoms with Gasteiger partial charge in [-0.25, -0.2) is 9.59 Å². The number of carbonyl (C=O) groups is 4. The first-order valence-corrected chi connectivity index (χ1v) is 17.6. The van der Waals surface area contributed by atoms with Crippen molar-refractivity contribution in [2.75, 3.05) is 26.9 Å². The molecule has 5 rings (SSSR count). The molecule has 0 amide bonds. The number of benzene rings is 1. The topological polar surface area (TPSA) is 230 Å². The van der Waals surface area contributed by atoms with Gasteiger partial charge >= 0.3 is 12.1 Å². The number of allylic oxidation sites excluding steroid dienone is 4. The summed E-state index contributed by atoms with van der Waals surface area (Å²) in [4.78, 5) is 80.4. The number of esters is 1. The fraction of sp³-hybridized carbons (Fsp3) is 0.611. The maximum absolute atomic E-state index is 13.5. The molecule has 288 valence electrons. The Bertz CT molecular complexity index is 1680. The van der Waals surface area contributed by atoms with E-state index in [0.29, 0.717) is 12.8 Å². The molecule has 3 fully saturated rings. The van der Waals surface area contributed by atoms with Crippen molar-refractivity contribution >= 4 is 23.7 Å². The van der Waals surface area contributed by atoms with Gasteiger partial charge in [-0.1, -0.05) is 25.5 Å². The van der Waals surface area contributed by atoms with Gasteiger partial charge in [0.15, 0.2) is 29.7 Å². The van der Waals surface area contributed by atoms with Crippen molar-refractivity contribution in [3.63, 3.8) is 0 Å². The monoisotopic (exact) mass is 744 g/mol. The van der Waals surface area contributed by atoms with E-state index in [9.17, 15) is 44.5 Å². The third kappa shape index (κ3) is 8.61. The standard InChI is InChI=1S/C36H44N2O15/c1-35-14-13-23(39)17-22(35)8-9-25-26-10-11-27(36(26,2)18-28(40)32(25)35)29(41)20-50-34(43)52-30-12-7-21(16-31(30)48-3)33(42)49-15-5-4-6-24(53-38(46)47)19-51-37(44)45/h7,12-14,16-17,24-28,32,40H,4-6,8-11,15,18-20H2,1-3H3. The number of methoxy groups -OCH3 is 1. The molecule has 0 aliphatic heterocycles. The molecule has 0 spiro atoms. The zero-order chi connectivity index (χ0) is 38.5. The maximum Gasteiger partial charge on any atom is 0.514 e. The minimum absolute atomic E-state index is 0.0153. The van der Waals surface area contributed by atoms with Crippen LogP contribution in [0.2, 0.25) is 0 Å². The number of nitrogens with zero attached hydrogens (tertiary/aromatic N) is 2. The first-order chi connectivity index (χ1) is 25.2. The van der Waals surface area contributed by atoms with Crippen LogP contribution in [0, 0.1) is 54.7 Å². The molecule has 3 saturated carbocycles. The molecule has 4 aliphatic carbocycles. The summed E-state index contributed by atoms with van der Waals surface area (Å²) in [6, 6.07) is 3.93. The van der Waals surface area contributed by atoms with Gasteiger partial charge in [0.05, 0.1) is 25.4 Å². The van der Waals surface area contributed by atoms with Crippen molar-refractivity contribution in [3.8, 4) is 11.5 Å². The Kier molecular flexibility index (Phi) is 12.0. The van der Waals surface area contributed by atoms with E-state index < -0.39 is 64.5 Å². The van der Waals surface area contributed by atoms with E-state index in [4.69, 9.17) is 18.9 Å². The fourth-order valence-electron chi connectivity index (χ4n) is 9.24. The zero-order valence-electron chi connectivity index (χ0n) is 29.8. The van der Waals surface area contributed by atoms with Crippen molar-refractivity contribution in [2.45, 2.75) is 77.4 Å². The Balaban J connectivity index is 1.10. The van der Waals surface area contributed by atoms with Gasteiger partial charge in [0, 0.05) is 17.3 Å². The molecule has 1 aromatic rings. The Morgan fingerprint density at radius 3 is 2.53 bits per heavy atom. The van der Waals surface area contributed by atoms with Gasteiger partial charge in [0.25, 0.3) is 10.2 Å². The molecule has 0 radical (unpaired) electrons. The molecular formula is C36H44N2O15. The van der Waals surface area contributed by atoms with E-state index in [1.807, 2.05) is 6.08 Å². The van der Waals surface area contributed by atoms with Crippen molar-refractivity contribution in [3.05, 3.63) is 67.8 Å². The highest BCUT2D eigenvalue weighted by Gasteiger charge is 2.62. The van der Waals surface area contributed by atoms with Crippen molar-refractivity contribution in [2.24, 2.45) is 34.5 Å². The highest BCUT2D eigenvalue weighted by atomic mass is 17.0. The SMILES string of the molecule is COc1cc(C(=O)OCCCCC(CO[N+](=O)[O-])O[N+](=O)[O-])ccc1OC(=O)OCC(=O)C1CCC2C3CCC4=CC(=O)C=CC4(C)C3C(O)CC12C. The number of aliphatic hydroxyl groups is 1. The van der Waals surface area contributed by atoms with Crippen LogP contribution in [-0.2, 0) is 28.7 Å². The van der Waals surface area contributed by atoms with E-state index in [2.05, 4.69) is 23.5 Å². The summed E-state index contributed by atoms with van der Waals surface area (Å²) in [6.07, 6.45) is 6.32. The van der Waals surface area contributed by atoms with Crippen LogP contribution in [-0.4, -0.2) is 78.1 Å². The van der Waals surface area contributed by atoms with E-state index in [1.165, 1.54) is 25.3 Å². The van der Waals surface area contributed by atoms with Gasteiger partial charge in [-0.2, -0.15) is 0 Å². The maximum atomic E-state index is 13.5.